The van der Waals surface area contributed by atoms with E-state index in [2.05, 4.69) is 9.26 Å². The number of phosphoric ester groups is 1. The SMILES string of the molecule is O=C=O.O=P([O-])([O-])OCC1(O)OC[C-](O)[C@H]1O.[Na+]. The van der Waals surface area contributed by atoms with Crippen LogP contribution in [0.1, 0.15) is 0 Å². The van der Waals surface area contributed by atoms with Crippen LogP contribution < -0.4 is 39.3 Å². The Balaban J connectivity index is 0. The minimum Gasteiger partial charge on any atom is -0.790 e. The predicted octanol–water partition coefficient (Wildman–Crippen LogP) is -6.76. The Morgan fingerprint density at radius 2 is 2.00 bits per heavy atom. The first-order valence-electron chi connectivity index (χ1n) is 3.91. The largest absolute Gasteiger partial charge is 1.00 e. The molecule has 0 aromatic heterocycles. The zero-order valence-corrected chi connectivity index (χ0v) is 12.0. The van der Waals surface area contributed by atoms with E-state index < -0.39 is 39.0 Å². The molecule has 0 aromatic carbocycles. The van der Waals surface area contributed by atoms with Crippen molar-refractivity contribution in [2.24, 2.45) is 0 Å². The summed E-state index contributed by atoms with van der Waals surface area (Å²) in [6.45, 7) is -1.52. The van der Waals surface area contributed by atoms with Gasteiger partial charge in [-0.1, -0.05) is 0 Å². The van der Waals surface area contributed by atoms with Crippen molar-refractivity contribution in [2.45, 2.75) is 11.9 Å². The molecule has 1 rings (SSSR count). The number of aliphatic hydroxyl groups is 3. The zero-order valence-electron chi connectivity index (χ0n) is 9.14. The molecule has 0 saturated carbocycles. The van der Waals surface area contributed by atoms with Crippen LogP contribution in [0.3, 0.4) is 0 Å². The van der Waals surface area contributed by atoms with Gasteiger partial charge in [-0.3, -0.25) is 0 Å². The van der Waals surface area contributed by atoms with Crippen molar-refractivity contribution in [3.8, 4) is 0 Å². The summed E-state index contributed by atoms with van der Waals surface area (Å²) in [7, 11) is -5.25. The summed E-state index contributed by atoms with van der Waals surface area (Å²) in [5.74, 6) is -2.39. The van der Waals surface area contributed by atoms with Crippen LogP contribution in [0.2, 0.25) is 0 Å². The van der Waals surface area contributed by atoms with Gasteiger partial charge in [0.25, 0.3) is 0 Å². The Kier molecular flexibility index (Phi) is 9.74. The predicted molar refractivity (Wildman–Crippen MR) is 40.7 cm³/mol. The topological polar surface area (TPSA) is 176 Å². The Labute approximate surface area is 123 Å². The molecule has 10 nitrogen and oxygen atoms in total. The van der Waals surface area contributed by atoms with Gasteiger partial charge in [0.05, 0.1) is 7.82 Å². The van der Waals surface area contributed by atoms with E-state index in [0.29, 0.717) is 0 Å². The van der Waals surface area contributed by atoms with Gasteiger partial charge in [-0.05, 0) is 6.61 Å². The molecule has 0 amide bonds. The minimum atomic E-state index is -5.25. The van der Waals surface area contributed by atoms with E-state index in [1.54, 1.807) is 0 Å². The summed E-state index contributed by atoms with van der Waals surface area (Å²) in [6, 6.07) is 0. The van der Waals surface area contributed by atoms with Crippen LogP contribution in [0.4, 0.5) is 0 Å². The van der Waals surface area contributed by atoms with Crippen molar-refractivity contribution in [3.63, 3.8) is 0 Å². The molecule has 1 heterocycles. The number of aliphatic hydroxyl groups excluding tert-OH is 2. The zero-order chi connectivity index (χ0) is 13.7. The normalized spacial score (nSPS) is 27.7. The third-order valence-electron chi connectivity index (χ3n) is 1.64. The molecule has 3 N–H and O–H groups in total. The van der Waals surface area contributed by atoms with Gasteiger partial charge >= 0.3 is 35.7 Å². The van der Waals surface area contributed by atoms with Gasteiger partial charge in [-0.15, -0.1) is 6.10 Å². The van der Waals surface area contributed by atoms with Crippen LogP contribution >= 0.6 is 7.82 Å². The first kappa shape index (κ1) is 20.6. The molecular formula is C6H8NaO10P-2. The van der Waals surface area contributed by atoms with Gasteiger partial charge in [0.15, 0.2) is 5.79 Å². The van der Waals surface area contributed by atoms with E-state index in [9.17, 15) is 19.5 Å². The van der Waals surface area contributed by atoms with E-state index in [-0.39, 0.29) is 35.7 Å². The smallest absolute Gasteiger partial charge is 0.790 e. The Morgan fingerprint density at radius 3 is 2.28 bits per heavy atom. The van der Waals surface area contributed by atoms with Crippen LogP contribution in [-0.2, 0) is 23.4 Å². The van der Waals surface area contributed by atoms with Crippen LogP contribution in [0.15, 0.2) is 0 Å². The summed E-state index contributed by atoms with van der Waals surface area (Å²) in [5.41, 5.74) is 0. The molecule has 1 fully saturated rings. The standard InChI is InChI=1S/C5H10O8P.CO2.Na/c6-3-1-12-5(8,4(3)7)2-13-14(9,10)11;2-1-3;/h4,6-8H,1-2H2,(H2,9,10,11);;/q-1;;+1/p-2/t4-,5?;;/m1../s1. The molecule has 18 heavy (non-hydrogen) atoms. The summed E-state index contributed by atoms with van der Waals surface area (Å²) in [5, 5.41) is 27.3. The summed E-state index contributed by atoms with van der Waals surface area (Å²) in [4.78, 5) is 36.4. The first-order valence-corrected chi connectivity index (χ1v) is 5.37. The van der Waals surface area contributed by atoms with Crippen LogP contribution in [0.5, 0.6) is 0 Å². The second kappa shape index (κ2) is 8.49. The molecule has 1 aliphatic heterocycles. The monoisotopic (exact) mass is 294 g/mol. The Morgan fingerprint density at radius 1 is 1.56 bits per heavy atom. The average Bonchev–Trinajstić information content (AvgIpc) is 2.45. The molecule has 1 unspecified atom stereocenters. The summed E-state index contributed by atoms with van der Waals surface area (Å²) < 4.78 is 18.2. The molecule has 2 atom stereocenters. The maximum Gasteiger partial charge on any atom is 1.00 e. The van der Waals surface area contributed by atoms with E-state index in [1.807, 2.05) is 0 Å². The molecule has 0 bridgehead atoms. The van der Waals surface area contributed by atoms with Crippen molar-refractivity contribution in [1.82, 2.24) is 0 Å². The number of ether oxygens (including phenoxy) is 1. The number of phosphoric acid groups is 1. The molecule has 0 aromatic rings. The van der Waals surface area contributed by atoms with Crippen molar-refractivity contribution in [3.05, 3.63) is 6.10 Å². The molecule has 0 aliphatic carbocycles. The number of hydrogen-bond acceptors (Lipinski definition) is 10. The van der Waals surface area contributed by atoms with Crippen molar-refractivity contribution in [2.75, 3.05) is 13.2 Å². The molecule has 0 spiro atoms. The van der Waals surface area contributed by atoms with Crippen LogP contribution in [-0.4, -0.2) is 46.6 Å². The molecule has 0 radical (unpaired) electrons. The molecule has 1 saturated heterocycles. The van der Waals surface area contributed by atoms with Gasteiger partial charge in [0.1, 0.15) is 6.61 Å². The third kappa shape index (κ3) is 7.05. The van der Waals surface area contributed by atoms with E-state index in [4.69, 9.17) is 19.8 Å². The van der Waals surface area contributed by atoms with Crippen molar-refractivity contribution >= 4 is 14.0 Å². The molecule has 1 aliphatic rings. The van der Waals surface area contributed by atoms with Crippen molar-refractivity contribution < 1.29 is 78.1 Å². The van der Waals surface area contributed by atoms with Crippen molar-refractivity contribution in [1.29, 1.82) is 0 Å². The summed E-state index contributed by atoms with van der Waals surface area (Å²) in [6.07, 6.45) is -2.11. The fraction of sp³-hybridized carbons (Fsp3) is 0.667. The maximum atomic E-state index is 10.1. The average molecular weight is 294 g/mol. The fourth-order valence-electron chi connectivity index (χ4n) is 0.909. The summed E-state index contributed by atoms with van der Waals surface area (Å²) >= 11 is 0. The van der Waals surface area contributed by atoms with Crippen LogP contribution in [0, 0.1) is 6.10 Å². The van der Waals surface area contributed by atoms with Crippen LogP contribution in [0.25, 0.3) is 0 Å². The second-order valence-electron chi connectivity index (χ2n) is 2.83. The minimum absolute atomic E-state index is 0. The van der Waals surface area contributed by atoms with Gasteiger partial charge < -0.3 is 38.9 Å². The Bertz CT molecular complexity index is 324. The fourth-order valence-corrected chi connectivity index (χ4v) is 1.25. The first-order chi connectivity index (χ1) is 7.66. The van der Waals surface area contributed by atoms with Gasteiger partial charge in [0.2, 0.25) is 0 Å². The quantitative estimate of drug-likeness (QED) is 0.257. The molecule has 12 heteroatoms. The number of carbonyl (C=O) groups excluding carboxylic acids is 2. The Hall–Kier alpha value is 0.330. The van der Waals surface area contributed by atoms with E-state index >= 15 is 0 Å². The van der Waals surface area contributed by atoms with Gasteiger partial charge in [0, 0.05) is 6.10 Å². The second-order valence-corrected chi connectivity index (χ2v) is 3.98. The van der Waals surface area contributed by atoms with Gasteiger partial charge in [-0.25, -0.2) is 0 Å². The molecular weight excluding hydrogens is 286 g/mol. The number of rotatable bonds is 3. The van der Waals surface area contributed by atoms with E-state index in [0.717, 1.165) is 0 Å². The number of hydrogen-bond donors (Lipinski definition) is 3. The maximum absolute atomic E-state index is 10.1. The van der Waals surface area contributed by atoms with Gasteiger partial charge in [-0.2, -0.15) is 9.59 Å². The third-order valence-corrected chi connectivity index (χ3v) is 2.09. The van der Waals surface area contributed by atoms with E-state index in [1.165, 1.54) is 0 Å². The molecule has 100 valence electrons.